The standard InChI is InChI=1S/C17H29N3O2.HI/c1-4-18-17(19-11-7-13-22-5-2)20-12-10-15-8-6-9-16(14-15)21-3;/h6,8-9,14H,4-5,7,10-13H2,1-3H3,(H2,18,19,20);1H. The molecule has 0 radical (unpaired) electrons. The number of benzene rings is 1. The van der Waals surface area contributed by atoms with Gasteiger partial charge in [0.25, 0.3) is 0 Å². The molecule has 0 aliphatic heterocycles. The second-order valence-electron chi connectivity index (χ2n) is 4.84. The molecule has 23 heavy (non-hydrogen) atoms. The minimum absolute atomic E-state index is 0. The Balaban J connectivity index is 0.00000484. The average Bonchev–Trinajstić information content (AvgIpc) is 2.55. The Hall–Kier alpha value is -1.02. The molecule has 1 aromatic rings. The fourth-order valence-corrected chi connectivity index (χ4v) is 2.00. The highest BCUT2D eigenvalue weighted by Gasteiger charge is 1.99. The minimum Gasteiger partial charge on any atom is -0.497 e. The molecule has 0 spiro atoms. The molecule has 0 aromatic heterocycles. The van der Waals surface area contributed by atoms with Crippen LogP contribution < -0.4 is 15.4 Å². The summed E-state index contributed by atoms with van der Waals surface area (Å²) in [5, 5.41) is 6.61. The van der Waals surface area contributed by atoms with Gasteiger partial charge in [0.1, 0.15) is 5.75 Å². The Labute approximate surface area is 157 Å². The molecule has 1 rings (SSSR count). The zero-order valence-corrected chi connectivity index (χ0v) is 16.8. The maximum Gasteiger partial charge on any atom is 0.191 e. The number of methoxy groups -OCH3 is 1. The van der Waals surface area contributed by atoms with Crippen LogP contribution in [0, 0.1) is 0 Å². The van der Waals surface area contributed by atoms with Gasteiger partial charge in [-0.3, -0.25) is 4.99 Å². The summed E-state index contributed by atoms with van der Waals surface area (Å²) in [6.45, 7) is 8.08. The van der Waals surface area contributed by atoms with Crippen molar-refractivity contribution >= 4 is 29.9 Å². The predicted molar refractivity (Wildman–Crippen MR) is 107 cm³/mol. The van der Waals surface area contributed by atoms with Crippen LogP contribution in [0.2, 0.25) is 0 Å². The average molecular weight is 435 g/mol. The summed E-state index contributed by atoms with van der Waals surface area (Å²) in [6, 6.07) is 8.15. The molecule has 0 heterocycles. The Morgan fingerprint density at radius 2 is 2.04 bits per heavy atom. The van der Waals surface area contributed by atoms with Gasteiger partial charge in [0, 0.05) is 32.8 Å². The van der Waals surface area contributed by atoms with Crippen molar-refractivity contribution in [3.63, 3.8) is 0 Å². The maximum atomic E-state index is 5.31. The first-order valence-electron chi connectivity index (χ1n) is 8.03. The van der Waals surface area contributed by atoms with E-state index in [2.05, 4.69) is 34.7 Å². The molecule has 0 amide bonds. The Kier molecular flexibility index (Phi) is 13.9. The fraction of sp³-hybridized carbons (Fsp3) is 0.588. The van der Waals surface area contributed by atoms with Crippen molar-refractivity contribution in [1.29, 1.82) is 0 Å². The summed E-state index contributed by atoms with van der Waals surface area (Å²) in [4.78, 5) is 4.54. The lowest BCUT2D eigenvalue weighted by molar-refractivity contribution is 0.146. The fourth-order valence-electron chi connectivity index (χ4n) is 2.00. The molecule has 0 bridgehead atoms. The third-order valence-electron chi connectivity index (χ3n) is 3.11. The van der Waals surface area contributed by atoms with Gasteiger partial charge in [-0.1, -0.05) is 12.1 Å². The molecule has 0 saturated heterocycles. The second kappa shape index (κ2) is 14.6. The van der Waals surface area contributed by atoms with Crippen LogP contribution in [0.3, 0.4) is 0 Å². The summed E-state index contributed by atoms with van der Waals surface area (Å²) in [7, 11) is 1.69. The minimum atomic E-state index is 0. The lowest BCUT2D eigenvalue weighted by Gasteiger charge is -2.11. The number of halogens is 1. The van der Waals surface area contributed by atoms with E-state index in [1.165, 1.54) is 5.56 Å². The van der Waals surface area contributed by atoms with Crippen molar-refractivity contribution < 1.29 is 9.47 Å². The molecule has 132 valence electrons. The van der Waals surface area contributed by atoms with E-state index in [4.69, 9.17) is 9.47 Å². The van der Waals surface area contributed by atoms with Gasteiger partial charge < -0.3 is 20.1 Å². The van der Waals surface area contributed by atoms with Crippen LogP contribution in [0.4, 0.5) is 0 Å². The zero-order valence-electron chi connectivity index (χ0n) is 14.4. The summed E-state index contributed by atoms with van der Waals surface area (Å²) in [6.07, 6.45) is 1.88. The van der Waals surface area contributed by atoms with Crippen molar-refractivity contribution in [2.24, 2.45) is 4.99 Å². The first-order chi connectivity index (χ1) is 10.8. The summed E-state index contributed by atoms with van der Waals surface area (Å²) < 4.78 is 10.6. The van der Waals surface area contributed by atoms with E-state index in [-0.39, 0.29) is 24.0 Å². The molecule has 0 aliphatic rings. The lowest BCUT2D eigenvalue weighted by Crippen LogP contribution is -2.38. The molecular weight excluding hydrogens is 405 g/mol. The van der Waals surface area contributed by atoms with Gasteiger partial charge in [0.2, 0.25) is 0 Å². The molecule has 0 aliphatic carbocycles. The molecule has 2 N–H and O–H groups in total. The molecule has 5 nitrogen and oxygen atoms in total. The number of guanidine groups is 1. The Morgan fingerprint density at radius 1 is 1.22 bits per heavy atom. The highest BCUT2D eigenvalue weighted by Crippen LogP contribution is 2.12. The van der Waals surface area contributed by atoms with E-state index in [0.717, 1.165) is 57.4 Å². The first kappa shape index (κ1) is 22.0. The first-order valence-corrected chi connectivity index (χ1v) is 8.03. The van der Waals surface area contributed by atoms with E-state index in [1.54, 1.807) is 7.11 Å². The highest BCUT2D eigenvalue weighted by atomic mass is 127. The Bertz CT molecular complexity index is 442. The monoisotopic (exact) mass is 435 g/mol. The molecule has 1 aromatic carbocycles. The van der Waals surface area contributed by atoms with Gasteiger partial charge in [-0.2, -0.15) is 0 Å². The van der Waals surface area contributed by atoms with E-state index in [9.17, 15) is 0 Å². The molecular formula is C17H30IN3O2. The normalized spacial score (nSPS) is 10.8. The van der Waals surface area contributed by atoms with Gasteiger partial charge in [0.05, 0.1) is 7.11 Å². The quantitative estimate of drug-likeness (QED) is 0.257. The number of hydrogen-bond acceptors (Lipinski definition) is 3. The van der Waals surface area contributed by atoms with Crippen LogP contribution in [0.25, 0.3) is 0 Å². The van der Waals surface area contributed by atoms with Gasteiger partial charge in [-0.15, -0.1) is 24.0 Å². The molecule has 0 unspecified atom stereocenters. The van der Waals surface area contributed by atoms with Crippen LogP contribution in [0.1, 0.15) is 25.8 Å². The number of ether oxygens (including phenoxy) is 2. The largest absolute Gasteiger partial charge is 0.497 e. The van der Waals surface area contributed by atoms with Crippen molar-refractivity contribution in [2.45, 2.75) is 26.7 Å². The second-order valence-corrected chi connectivity index (χ2v) is 4.84. The van der Waals surface area contributed by atoms with Crippen molar-refractivity contribution in [3.05, 3.63) is 29.8 Å². The smallest absolute Gasteiger partial charge is 0.191 e. The van der Waals surface area contributed by atoms with E-state index in [1.807, 2.05) is 19.1 Å². The molecule has 6 heteroatoms. The van der Waals surface area contributed by atoms with Gasteiger partial charge >= 0.3 is 0 Å². The van der Waals surface area contributed by atoms with Crippen molar-refractivity contribution in [3.8, 4) is 5.75 Å². The van der Waals surface area contributed by atoms with E-state index >= 15 is 0 Å². The highest BCUT2D eigenvalue weighted by molar-refractivity contribution is 14.0. The number of nitrogens with zero attached hydrogens (tertiary/aromatic N) is 1. The van der Waals surface area contributed by atoms with Crippen molar-refractivity contribution in [2.75, 3.05) is 40.0 Å². The molecule has 0 fully saturated rings. The number of nitrogens with one attached hydrogen (secondary N) is 2. The molecule has 0 atom stereocenters. The maximum absolute atomic E-state index is 5.31. The van der Waals surface area contributed by atoms with Gasteiger partial charge in [-0.05, 0) is 44.4 Å². The third-order valence-corrected chi connectivity index (χ3v) is 3.11. The number of hydrogen-bond donors (Lipinski definition) is 2. The van der Waals surface area contributed by atoms with Crippen LogP contribution in [-0.2, 0) is 11.2 Å². The summed E-state index contributed by atoms with van der Waals surface area (Å²) in [5.41, 5.74) is 1.25. The van der Waals surface area contributed by atoms with Gasteiger partial charge in [-0.25, -0.2) is 0 Å². The molecule has 0 saturated carbocycles. The third kappa shape index (κ3) is 10.4. The van der Waals surface area contributed by atoms with Crippen LogP contribution >= 0.6 is 24.0 Å². The lowest BCUT2D eigenvalue weighted by atomic mass is 10.1. The number of aliphatic imine (C=N–C) groups is 1. The van der Waals surface area contributed by atoms with Crippen LogP contribution in [-0.4, -0.2) is 45.9 Å². The number of rotatable bonds is 10. The SMILES string of the molecule is CCNC(=NCCCOCC)NCCc1cccc(OC)c1.I. The van der Waals surface area contributed by atoms with Crippen LogP contribution in [0.15, 0.2) is 29.3 Å². The zero-order chi connectivity index (χ0) is 16.0. The summed E-state index contributed by atoms with van der Waals surface area (Å²) in [5.74, 6) is 1.76. The van der Waals surface area contributed by atoms with E-state index < -0.39 is 0 Å². The van der Waals surface area contributed by atoms with E-state index in [0.29, 0.717) is 0 Å². The topological polar surface area (TPSA) is 54.9 Å². The van der Waals surface area contributed by atoms with Crippen molar-refractivity contribution in [1.82, 2.24) is 10.6 Å². The van der Waals surface area contributed by atoms with Gasteiger partial charge in [0.15, 0.2) is 5.96 Å². The van der Waals surface area contributed by atoms with Crippen LogP contribution in [0.5, 0.6) is 5.75 Å². The predicted octanol–water partition coefficient (Wildman–Crippen LogP) is 2.84. The Morgan fingerprint density at radius 3 is 2.74 bits per heavy atom. The summed E-state index contributed by atoms with van der Waals surface area (Å²) >= 11 is 0.